The fourth-order valence-corrected chi connectivity index (χ4v) is 8.06. The van der Waals surface area contributed by atoms with Crippen LogP contribution in [0, 0.1) is 0 Å². The monoisotopic (exact) mass is 348 g/mol. The molecule has 0 aromatic carbocycles. The molecule has 0 saturated heterocycles. The normalized spacial score (nSPS) is 9.73. The molecule has 0 atom stereocenters. The molecule has 2 nitrogen and oxygen atoms in total. The zero-order valence-corrected chi connectivity index (χ0v) is 13.8. The van der Waals surface area contributed by atoms with Gasteiger partial charge in [0.15, 0.2) is 0 Å². The fraction of sp³-hybridized carbons (Fsp3) is 0.750. The summed E-state index contributed by atoms with van der Waals surface area (Å²) in [5.74, 6) is 0. The van der Waals surface area contributed by atoms with Crippen molar-refractivity contribution in [2.24, 2.45) is 0 Å². The Labute approximate surface area is 116 Å². The van der Waals surface area contributed by atoms with E-state index in [2.05, 4.69) is 24.5 Å². The molecule has 0 aromatic rings. The van der Waals surface area contributed by atoms with Gasteiger partial charge in [0, 0.05) is 0 Å². The Bertz CT molecular complexity index is 181. The van der Waals surface area contributed by atoms with E-state index in [1.165, 1.54) is 0 Å². The van der Waals surface area contributed by atoms with Crippen LogP contribution in [0.1, 0.15) is 26.7 Å². The van der Waals surface area contributed by atoms with Crippen LogP contribution in [-0.4, -0.2) is 34.4 Å². The minimum absolute atomic E-state index is 0.343. The number of hydrogen-bond donors (Lipinski definition) is 2. The molecule has 0 unspecified atom stereocenters. The van der Waals surface area contributed by atoms with E-state index in [1.807, 2.05) is 0 Å². The molecule has 0 radical (unpaired) electrons. The third-order valence-electron chi connectivity index (χ3n) is 1.26. The van der Waals surface area contributed by atoms with Gasteiger partial charge >= 0.3 is 117 Å². The first-order valence-electron chi connectivity index (χ1n) is 4.77. The van der Waals surface area contributed by atoms with E-state index < -0.39 is 0 Å². The van der Waals surface area contributed by atoms with Gasteiger partial charge in [0.25, 0.3) is 0 Å². The van der Waals surface area contributed by atoms with Crippen molar-refractivity contribution in [1.82, 2.24) is 10.6 Å². The predicted molar refractivity (Wildman–Crippen MR) is 82.7 cm³/mol. The molecule has 0 heterocycles. The first-order chi connectivity index (χ1) is 7.20. The van der Waals surface area contributed by atoms with Crippen molar-refractivity contribution in [3.63, 3.8) is 0 Å². The average Bonchev–Trinajstić information content (AvgIpc) is 2.23. The first kappa shape index (κ1) is 16.0. The maximum absolute atomic E-state index is 5.15. The van der Waals surface area contributed by atoms with Gasteiger partial charge in [-0.25, -0.2) is 0 Å². The van der Waals surface area contributed by atoms with Crippen molar-refractivity contribution in [3.05, 3.63) is 0 Å². The molecule has 0 saturated carbocycles. The third-order valence-corrected chi connectivity index (χ3v) is 9.28. The summed E-state index contributed by atoms with van der Waals surface area (Å²) in [7, 11) is 3.39. The van der Waals surface area contributed by atoms with Crippen molar-refractivity contribution in [2.75, 3.05) is 13.1 Å². The van der Waals surface area contributed by atoms with Gasteiger partial charge in [-0.2, -0.15) is 0 Å². The van der Waals surface area contributed by atoms with Gasteiger partial charge in [-0.3, -0.25) is 0 Å². The predicted octanol–water partition coefficient (Wildman–Crippen LogP) is 2.56. The van der Waals surface area contributed by atoms with Crippen molar-refractivity contribution < 1.29 is 0 Å². The summed E-state index contributed by atoms with van der Waals surface area (Å²) in [5, 5.41) is 6.36. The third kappa shape index (κ3) is 11.3. The molecule has 7 heteroatoms. The van der Waals surface area contributed by atoms with E-state index >= 15 is 0 Å². The van der Waals surface area contributed by atoms with Crippen LogP contribution >= 0.6 is 44.8 Å². The van der Waals surface area contributed by atoms with Crippen molar-refractivity contribution in [1.29, 1.82) is 0 Å². The van der Waals surface area contributed by atoms with E-state index in [4.69, 9.17) is 24.4 Å². The summed E-state index contributed by atoms with van der Waals surface area (Å²) in [6, 6.07) is 0. The molecular formula is C8H16N2S4Se. The Morgan fingerprint density at radius 2 is 1.40 bits per heavy atom. The molecule has 0 spiro atoms. The van der Waals surface area contributed by atoms with Crippen LogP contribution in [0.4, 0.5) is 0 Å². The van der Waals surface area contributed by atoms with Gasteiger partial charge in [-0.1, -0.05) is 0 Å². The molecule has 0 fully saturated rings. The summed E-state index contributed by atoms with van der Waals surface area (Å²) in [4.78, 5) is 0. The summed E-state index contributed by atoms with van der Waals surface area (Å²) >= 11 is 10.6. The topological polar surface area (TPSA) is 24.1 Å². The van der Waals surface area contributed by atoms with Gasteiger partial charge in [-0.15, -0.1) is 0 Å². The Kier molecular flexibility index (Phi) is 12.2. The van der Waals surface area contributed by atoms with E-state index in [0.29, 0.717) is 12.7 Å². The molecule has 0 aliphatic carbocycles. The van der Waals surface area contributed by atoms with Crippen LogP contribution < -0.4 is 10.6 Å². The Hall–Kier alpha value is 0.999. The van der Waals surface area contributed by atoms with Crippen molar-refractivity contribution in [2.45, 2.75) is 26.7 Å². The summed E-state index contributed by atoms with van der Waals surface area (Å²) in [6.07, 6.45) is 2.22. The number of hydrogen-bond acceptors (Lipinski definition) is 4. The minimum atomic E-state index is 0.343. The zero-order valence-electron chi connectivity index (χ0n) is 8.87. The SMILES string of the molecule is CCCNC(=S)S[Se]SC(=S)NCCC. The molecule has 0 aliphatic rings. The number of rotatable bonds is 6. The quantitative estimate of drug-likeness (QED) is 0.566. The molecule has 15 heavy (non-hydrogen) atoms. The summed E-state index contributed by atoms with van der Waals surface area (Å²) < 4.78 is 1.78. The van der Waals surface area contributed by atoms with Crippen LogP contribution in [0.3, 0.4) is 0 Å². The molecule has 0 amide bonds. The Morgan fingerprint density at radius 3 is 1.73 bits per heavy atom. The molecule has 0 aromatic heterocycles. The van der Waals surface area contributed by atoms with Gasteiger partial charge in [0.1, 0.15) is 0 Å². The molecule has 0 bridgehead atoms. The molecule has 88 valence electrons. The van der Waals surface area contributed by atoms with Crippen LogP contribution in [0.2, 0.25) is 0 Å². The Morgan fingerprint density at radius 1 is 1.00 bits per heavy atom. The summed E-state index contributed by atoms with van der Waals surface area (Å²) in [6.45, 7) is 6.18. The fourth-order valence-electron chi connectivity index (χ4n) is 0.592. The van der Waals surface area contributed by atoms with Crippen LogP contribution in [0.5, 0.6) is 0 Å². The van der Waals surface area contributed by atoms with E-state index in [-0.39, 0.29) is 0 Å². The first-order valence-corrected chi connectivity index (χ1v) is 11.3. The summed E-state index contributed by atoms with van der Waals surface area (Å²) in [5.41, 5.74) is 0. The van der Waals surface area contributed by atoms with Crippen molar-refractivity contribution in [3.8, 4) is 0 Å². The molecule has 2 N–H and O–H groups in total. The van der Waals surface area contributed by atoms with E-state index in [1.54, 1.807) is 20.4 Å². The van der Waals surface area contributed by atoms with Crippen LogP contribution in [0.15, 0.2) is 0 Å². The second-order valence-corrected chi connectivity index (χ2v) is 10.4. The van der Waals surface area contributed by atoms with E-state index in [0.717, 1.165) is 34.6 Å². The van der Waals surface area contributed by atoms with E-state index in [9.17, 15) is 0 Å². The van der Waals surface area contributed by atoms with Gasteiger partial charge in [0.2, 0.25) is 0 Å². The second kappa shape index (κ2) is 11.5. The number of thiocarbonyl (C=S) groups is 2. The molecular weight excluding hydrogens is 331 g/mol. The van der Waals surface area contributed by atoms with Gasteiger partial charge in [-0.05, 0) is 0 Å². The standard InChI is InChI=1S/C8H16N2S4Se/c1-3-5-9-7(11)13-15-14-8(12)10-6-4-2/h3-6H2,1-2H3,(H,9,11)(H,10,12). The average molecular weight is 347 g/mol. The molecule has 0 rings (SSSR count). The zero-order chi connectivity index (χ0) is 11.5. The molecule has 0 aliphatic heterocycles. The second-order valence-electron chi connectivity index (χ2n) is 2.66. The maximum atomic E-state index is 5.15. The van der Waals surface area contributed by atoms with Crippen molar-refractivity contribution >= 4 is 66.2 Å². The van der Waals surface area contributed by atoms with Gasteiger partial charge < -0.3 is 0 Å². The van der Waals surface area contributed by atoms with Crippen LogP contribution in [-0.2, 0) is 0 Å². The van der Waals surface area contributed by atoms with Crippen LogP contribution in [0.25, 0.3) is 0 Å². The van der Waals surface area contributed by atoms with Gasteiger partial charge in [0.05, 0.1) is 0 Å². The number of nitrogens with one attached hydrogen (secondary N) is 2. The Balaban J connectivity index is 3.36.